The number of halogens is 1. The molecule has 1 aliphatic carbocycles. The molecule has 3 N–H and O–H groups in total. The van der Waals surface area contributed by atoms with Crippen molar-refractivity contribution >= 4 is 40.8 Å². The highest BCUT2D eigenvalue weighted by Gasteiger charge is 2.18. The Labute approximate surface area is 180 Å². The van der Waals surface area contributed by atoms with Crippen molar-refractivity contribution in [3.8, 4) is 0 Å². The number of rotatable bonds is 7. The van der Waals surface area contributed by atoms with Gasteiger partial charge in [0.1, 0.15) is 0 Å². The van der Waals surface area contributed by atoms with Crippen molar-refractivity contribution in [3.05, 3.63) is 35.5 Å². The lowest BCUT2D eigenvalue weighted by Gasteiger charge is -2.24. The lowest BCUT2D eigenvalue weighted by atomic mass is 10.1. The molecule has 3 rings (SSSR count). The van der Waals surface area contributed by atoms with Crippen molar-refractivity contribution in [1.82, 2.24) is 20.5 Å². The summed E-state index contributed by atoms with van der Waals surface area (Å²) >= 11 is 0. The molecular weight excluding hydrogens is 449 g/mol. The molecule has 1 aromatic carbocycles. The third-order valence-corrected chi connectivity index (χ3v) is 5.61. The van der Waals surface area contributed by atoms with Gasteiger partial charge in [0.05, 0.1) is 0 Å². The minimum absolute atomic E-state index is 0. The van der Waals surface area contributed by atoms with Crippen LogP contribution in [0.2, 0.25) is 0 Å². The fourth-order valence-corrected chi connectivity index (χ4v) is 4.06. The van der Waals surface area contributed by atoms with Gasteiger partial charge in [0, 0.05) is 49.8 Å². The maximum atomic E-state index is 4.35. The van der Waals surface area contributed by atoms with E-state index in [9.17, 15) is 0 Å². The summed E-state index contributed by atoms with van der Waals surface area (Å²) in [5, 5.41) is 8.24. The van der Waals surface area contributed by atoms with E-state index in [0.29, 0.717) is 0 Å². The van der Waals surface area contributed by atoms with E-state index in [0.717, 1.165) is 38.1 Å². The zero-order valence-corrected chi connectivity index (χ0v) is 19.2. The van der Waals surface area contributed by atoms with Gasteiger partial charge >= 0.3 is 0 Å². The molecule has 1 saturated carbocycles. The molecule has 2 aromatic rings. The van der Waals surface area contributed by atoms with Gasteiger partial charge in [0.25, 0.3) is 0 Å². The number of H-pyrrole nitrogens is 1. The number of nitrogens with one attached hydrogen (secondary N) is 3. The number of hydrogen-bond donors (Lipinski definition) is 3. The molecule has 0 saturated heterocycles. The van der Waals surface area contributed by atoms with Gasteiger partial charge in [-0.25, -0.2) is 0 Å². The maximum Gasteiger partial charge on any atom is 0.191 e. The zero-order valence-electron chi connectivity index (χ0n) is 16.8. The van der Waals surface area contributed by atoms with Crippen molar-refractivity contribution in [1.29, 1.82) is 0 Å². The summed E-state index contributed by atoms with van der Waals surface area (Å²) in [5.41, 5.74) is 3.91. The summed E-state index contributed by atoms with van der Waals surface area (Å²) in [6, 6.07) is 7.19. The number of aromatic nitrogens is 1. The standard InChI is InChI=1S/C21H33N5.HI/c1-16-7-6-10-19-20(16)17(15-25-19)11-12-23-21(22-2)24-13-14-26(3)18-8-4-5-9-18;/h6-7,10,15,18,25H,4-5,8-9,11-14H2,1-3H3,(H2,22,23,24);1H. The molecule has 1 fully saturated rings. The van der Waals surface area contributed by atoms with E-state index in [1.807, 2.05) is 7.05 Å². The number of aromatic amines is 1. The fourth-order valence-electron chi connectivity index (χ4n) is 4.06. The minimum Gasteiger partial charge on any atom is -0.361 e. The molecule has 0 aliphatic heterocycles. The topological polar surface area (TPSA) is 55.5 Å². The monoisotopic (exact) mass is 483 g/mol. The molecule has 5 nitrogen and oxygen atoms in total. The number of fused-ring (bicyclic) bond motifs is 1. The summed E-state index contributed by atoms with van der Waals surface area (Å²) in [6.45, 7) is 5.04. The van der Waals surface area contributed by atoms with Crippen LogP contribution >= 0.6 is 24.0 Å². The van der Waals surface area contributed by atoms with Crippen LogP contribution in [0.25, 0.3) is 10.9 Å². The Morgan fingerprint density at radius 1 is 1.22 bits per heavy atom. The molecule has 6 heteroatoms. The van der Waals surface area contributed by atoms with E-state index in [-0.39, 0.29) is 24.0 Å². The molecule has 27 heavy (non-hydrogen) atoms. The predicted molar refractivity (Wildman–Crippen MR) is 126 cm³/mol. The van der Waals surface area contributed by atoms with Crippen molar-refractivity contribution < 1.29 is 0 Å². The van der Waals surface area contributed by atoms with Crippen LogP contribution in [0.1, 0.15) is 36.8 Å². The lowest BCUT2D eigenvalue weighted by molar-refractivity contribution is 0.249. The number of guanidine groups is 1. The van der Waals surface area contributed by atoms with Gasteiger partial charge in [-0.3, -0.25) is 4.99 Å². The van der Waals surface area contributed by atoms with Crippen LogP contribution in [-0.2, 0) is 6.42 Å². The molecule has 0 spiro atoms. The molecule has 0 atom stereocenters. The minimum atomic E-state index is 0. The van der Waals surface area contributed by atoms with Gasteiger partial charge in [0.2, 0.25) is 0 Å². The number of nitrogens with zero attached hydrogens (tertiary/aromatic N) is 2. The van der Waals surface area contributed by atoms with Gasteiger partial charge in [-0.2, -0.15) is 0 Å². The molecule has 0 radical (unpaired) electrons. The van der Waals surface area contributed by atoms with Crippen LogP contribution in [0.4, 0.5) is 0 Å². The Hall–Kier alpha value is -1.28. The molecular formula is C21H34IN5. The van der Waals surface area contributed by atoms with Gasteiger partial charge in [-0.05, 0) is 50.4 Å². The Morgan fingerprint density at radius 3 is 2.70 bits per heavy atom. The molecule has 1 heterocycles. The summed E-state index contributed by atoms with van der Waals surface area (Å²) in [7, 11) is 4.08. The molecule has 1 aliphatic rings. The third-order valence-electron chi connectivity index (χ3n) is 5.61. The normalized spacial score (nSPS) is 15.3. The van der Waals surface area contributed by atoms with Gasteiger partial charge in [-0.15, -0.1) is 24.0 Å². The second-order valence-electron chi connectivity index (χ2n) is 7.41. The summed E-state index contributed by atoms with van der Waals surface area (Å²) in [5.74, 6) is 0.890. The highest BCUT2D eigenvalue weighted by Crippen LogP contribution is 2.22. The smallest absolute Gasteiger partial charge is 0.191 e. The summed E-state index contributed by atoms with van der Waals surface area (Å²) in [6.07, 6.45) is 8.60. The average molecular weight is 483 g/mol. The molecule has 1 aromatic heterocycles. The predicted octanol–water partition coefficient (Wildman–Crippen LogP) is 3.68. The fraction of sp³-hybridized carbons (Fsp3) is 0.571. The van der Waals surface area contributed by atoms with E-state index >= 15 is 0 Å². The Bertz CT molecular complexity index is 733. The van der Waals surface area contributed by atoms with Gasteiger partial charge < -0.3 is 20.5 Å². The van der Waals surface area contributed by atoms with E-state index < -0.39 is 0 Å². The van der Waals surface area contributed by atoms with Crippen LogP contribution in [0.3, 0.4) is 0 Å². The quantitative estimate of drug-likeness (QED) is 0.320. The Kier molecular flexibility index (Phi) is 8.89. The molecule has 150 valence electrons. The second kappa shape index (κ2) is 10.9. The third kappa shape index (κ3) is 5.85. The van der Waals surface area contributed by atoms with E-state index in [1.165, 1.54) is 47.7 Å². The Morgan fingerprint density at radius 2 is 1.96 bits per heavy atom. The summed E-state index contributed by atoms with van der Waals surface area (Å²) < 4.78 is 0. The first-order valence-corrected chi connectivity index (χ1v) is 9.89. The molecule has 0 amide bonds. The highest BCUT2D eigenvalue weighted by atomic mass is 127. The van der Waals surface area contributed by atoms with Gasteiger partial charge in [0.15, 0.2) is 5.96 Å². The van der Waals surface area contributed by atoms with E-state index in [4.69, 9.17) is 0 Å². The lowest BCUT2D eigenvalue weighted by Crippen LogP contribution is -2.43. The van der Waals surface area contributed by atoms with Crippen LogP contribution in [0.15, 0.2) is 29.4 Å². The highest BCUT2D eigenvalue weighted by molar-refractivity contribution is 14.0. The summed E-state index contributed by atoms with van der Waals surface area (Å²) in [4.78, 5) is 10.2. The Balaban J connectivity index is 0.00000261. The SMILES string of the molecule is CN=C(NCCc1c[nH]c2cccc(C)c12)NCCN(C)C1CCCC1.I. The van der Waals surface area contributed by atoms with Crippen LogP contribution < -0.4 is 10.6 Å². The van der Waals surface area contributed by atoms with Crippen LogP contribution in [0, 0.1) is 6.92 Å². The first kappa shape index (κ1) is 22.0. The van der Waals surface area contributed by atoms with E-state index in [2.05, 4.69) is 63.9 Å². The van der Waals surface area contributed by atoms with Gasteiger partial charge in [-0.1, -0.05) is 25.0 Å². The first-order valence-electron chi connectivity index (χ1n) is 9.89. The zero-order chi connectivity index (χ0) is 18.4. The number of aryl methyl sites for hydroxylation is 1. The second-order valence-corrected chi connectivity index (χ2v) is 7.41. The molecule has 0 unspecified atom stereocenters. The average Bonchev–Trinajstić information content (AvgIpc) is 3.31. The first-order chi connectivity index (χ1) is 12.7. The van der Waals surface area contributed by atoms with Crippen molar-refractivity contribution in [2.24, 2.45) is 4.99 Å². The van der Waals surface area contributed by atoms with Crippen LogP contribution in [-0.4, -0.2) is 55.6 Å². The molecule has 0 bridgehead atoms. The number of aliphatic imine (C=N–C) groups is 1. The van der Waals surface area contributed by atoms with Crippen molar-refractivity contribution in [2.45, 2.75) is 45.1 Å². The van der Waals surface area contributed by atoms with Crippen molar-refractivity contribution in [3.63, 3.8) is 0 Å². The van der Waals surface area contributed by atoms with Crippen LogP contribution in [0.5, 0.6) is 0 Å². The maximum absolute atomic E-state index is 4.35. The van der Waals surface area contributed by atoms with E-state index in [1.54, 1.807) is 0 Å². The van der Waals surface area contributed by atoms with Crippen molar-refractivity contribution in [2.75, 3.05) is 33.7 Å². The number of benzene rings is 1. The number of likely N-dealkylation sites (N-methyl/N-ethyl adjacent to an activating group) is 1. The largest absolute Gasteiger partial charge is 0.361 e. The number of hydrogen-bond acceptors (Lipinski definition) is 2.